The standard InChI is InChI=1S/C22H20N4OS/c1-14-6-8-17(9-7-14)13-23-25-21(27)20-19(26-10-4-5-11-26)18-15(2)12-16(3)24-22(18)28-20/h4-13H,1-3H3,(H,25,27). The van der Waals surface area contributed by atoms with Crippen molar-refractivity contribution in [3.05, 3.63) is 82.1 Å². The number of carbonyl (C=O) groups is 1. The molecular weight excluding hydrogens is 368 g/mol. The third-order valence-electron chi connectivity index (χ3n) is 4.49. The van der Waals surface area contributed by atoms with E-state index in [0.29, 0.717) is 4.88 Å². The van der Waals surface area contributed by atoms with Crippen molar-refractivity contribution >= 4 is 33.7 Å². The first-order valence-corrected chi connectivity index (χ1v) is 9.79. The van der Waals surface area contributed by atoms with Crippen LogP contribution in [0.15, 0.2) is 60.0 Å². The van der Waals surface area contributed by atoms with Crippen molar-refractivity contribution in [2.75, 3.05) is 0 Å². The lowest BCUT2D eigenvalue weighted by atomic mass is 10.1. The van der Waals surface area contributed by atoms with Gasteiger partial charge in [-0.3, -0.25) is 4.79 Å². The van der Waals surface area contributed by atoms with Crippen LogP contribution >= 0.6 is 11.3 Å². The molecular formula is C22H20N4OS. The number of rotatable bonds is 4. The molecule has 140 valence electrons. The largest absolute Gasteiger partial charge is 0.322 e. The normalized spacial score (nSPS) is 11.4. The first kappa shape index (κ1) is 18.1. The first-order chi connectivity index (χ1) is 13.5. The fourth-order valence-electron chi connectivity index (χ4n) is 3.18. The summed E-state index contributed by atoms with van der Waals surface area (Å²) in [6.45, 7) is 6.05. The molecule has 0 unspecified atom stereocenters. The van der Waals surface area contributed by atoms with E-state index in [-0.39, 0.29) is 5.91 Å². The van der Waals surface area contributed by atoms with Gasteiger partial charge in [0.2, 0.25) is 0 Å². The van der Waals surface area contributed by atoms with Gasteiger partial charge in [0.25, 0.3) is 5.91 Å². The van der Waals surface area contributed by atoms with Crippen LogP contribution in [-0.4, -0.2) is 21.7 Å². The summed E-state index contributed by atoms with van der Waals surface area (Å²) in [7, 11) is 0. The number of benzene rings is 1. The number of hydrazone groups is 1. The van der Waals surface area contributed by atoms with E-state index >= 15 is 0 Å². The monoisotopic (exact) mass is 388 g/mol. The molecule has 1 N–H and O–H groups in total. The van der Waals surface area contributed by atoms with E-state index in [9.17, 15) is 4.79 Å². The number of nitrogens with one attached hydrogen (secondary N) is 1. The summed E-state index contributed by atoms with van der Waals surface area (Å²) in [4.78, 5) is 19.0. The molecule has 0 atom stereocenters. The van der Waals surface area contributed by atoms with Crippen LogP contribution in [0.3, 0.4) is 0 Å². The molecule has 3 aromatic heterocycles. The molecule has 3 heterocycles. The molecule has 28 heavy (non-hydrogen) atoms. The third-order valence-corrected chi connectivity index (χ3v) is 5.56. The van der Waals surface area contributed by atoms with Crippen molar-refractivity contribution < 1.29 is 4.79 Å². The molecule has 0 fully saturated rings. The number of nitrogens with zero attached hydrogens (tertiary/aromatic N) is 3. The smallest absolute Gasteiger partial charge is 0.283 e. The second kappa shape index (κ2) is 7.40. The summed E-state index contributed by atoms with van der Waals surface area (Å²) in [5, 5.41) is 5.13. The number of amides is 1. The Balaban J connectivity index is 1.71. The van der Waals surface area contributed by atoms with Crippen molar-refractivity contribution in [1.29, 1.82) is 0 Å². The number of pyridine rings is 1. The third kappa shape index (κ3) is 3.46. The second-order valence-corrected chi connectivity index (χ2v) is 7.74. The number of carbonyl (C=O) groups excluding carboxylic acids is 1. The Morgan fingerprint density at radius 1 is 1.14 bits per heavy atom. The zero-order valence-corrected chi connectivity index (χ0v) is 16.7. The number of aryl methyl sites for hydroxylation is 3. The summed E-state index contributed by atoms with van der Waals surface area (Å²) in [6.07, 6.45) is 5.52. The van der Waals surface area contributed by atoms with Gasteiger partial charge in [0.05, 0.1) is 11.9 Å². The van der Waals surface area contributed by atoms with E-state index in [1.54, 1.807) is 6.21 Å². The van der Waals surface area contributed by atoms with E-state index in [1.165, 1.54) is 16.9 Å². The minimum absolute atomic E-state index is 0.243. The molecule has 4 aromatic rings. The first-order valence-electron chi connectivity index (χ1n) is 8.97. The van der Waals surface area contributed by atoms with E-state index in [1.807, 2.05) is 80.2 Å². The Morgan fingerprint density at radius 2 is 1.86 bits per heavy atom. The Bertz CT molecular complexity index is 1170. The predicted octanol–water partition coefficient (Wildman–Crippen LogP) is 4.78. The van der Waals surface area contributed by atoms with Gasteiger partial charge >= 0.3 is 0 Å². The van der Waals surface area contributed by atoms with Gasteiger partial charge in [0.1, 0.15) is 9.71 Å². The maximum absolute atomic E-state index is 12.9. The SMILES string of the molecule is Cc1ccc(C=NNC(=O)c2sc3nc(C)cc(C)c3c2-n2cccc2)cc1. The minimum Gasteiger partial charge on any atom is -0.322 e. The van der Waals surface area contributed by atoms with E-state index in [2.05, 4.69) is 15.5 Å². The highest BCUT2D eigenvalue weighted by Crippen LogP contribution is 2.35. The Hall–Kier alpha value is -3.25. The van der Waals surface area contributed by atoms with Crippen LogP contribution in [0.1, 0.15) is 32.1 Å². The fraction of sp³-hybridized carbons (Fsp3) is 0.136. The van der Waals surface area contributed by atoms with Gasteiger partial charge in [-0.2, -0.15) is 5.10 Å². The quantitative estimate of drug-likeness (QED) is 0.404. The van der Waals surface area contributed by atoms with Gasteiger partial charge in [-0.15, -0.1) is 11.3 Å². The number of aromatic nitrogens is 2. The maximum Gasteiger partial charge on any atom is 0.283 e. The average molecular weight is 388 g/mol. The highest BCUT2D eigenvalue weighted by molar-refractivity contribution is 7.21. The van der Waals surface area contributed by atoms with E-state index < -0.39 is 0 Å². The zero-order chi connectivity index (χ0) is 19.7. The van der Waals surface area contributed by atoms with Crippen molar-refractivity contribution in [3.8, 4) is 5.69 Å². The number of hydrogen-bond donors (Lipinski definition) is 1. The number of hydrogen-bond acceptors (Lipinski definition) is 4. The van der Waals surface area contributed by atoms with Gasteiger partial charge in [0, 0.05) is 23.5 Å². The van der Waals surface area contributed by atoms with Gasteiger partial charge in [-0.25, -0.2) is 10.4 Å². The van der Waals surface area contributed by atoms with Gasteiger partial charge < -0.3 is 4.57 Å². The lowest BCUT2D eigenvalue weighted by Gasteiger charge is -2.07. The zero-order valence-electron chi connectivity index (χ0n) is 15.9. The molecule has 0 aliphatic rings. The van der Waals surface area contributed by atoms with E-state index in [4.69, 9.17) is 0 Å². The topological polar surface area (TPSA) is 59.3 Å². The highest BCUT2D eigenvalue weighted by atomic mass is 32.1. The molecule has 0 bridgehead atoms. The van der Waals surface area contributed by atoms with Gasteiger partial charge in [0.15, 0.2) is 0 Å². The van der Waals surface area contributed by atoms with Crippen LogP contribution in [-0.2, 0) is 0 Å². The molecule has 0 saturated carbocycles. The fourth-order valence-corrected chi connectivity index (χ4v) is 4.36. The number of thiophene rings is 1. The van der Waals surface area contributed by atoms with Gasteiger partial charge in [-0.05, 0) is 50.1 Å². The summed E-state index contributed by atoms with van der Waals surface area (Å²) in [5.41, 5.74) is 7.66. The average Bonchev–Trinajstić information content (AvgIpc) is 3.30. The van der Waals surface area contributed by atoms with Crippen molar-refractivity contribution in [2.24, 2.45) is 5.10 Å². The van der Waals surface area contributed by atoms with Crippen molar-refractivity contribution in [2.45, 2.75) is 20.8 Å². The van der Waals surface area contributed by atoms with Crippen LogP contribution in [0.4, 0.5) is 0 Å². The highest BCUT2D eigenvalue weighted by Gasteiger charge is 2.21. The van der Waals surface area contributed by atoms with Crippen LogP contribution in [0.2, 0.25) is 0 Å². The van der Waals surface area contributed by atoms with Crippen molar-refractivity contribution in [3.63, 3.8) is 0 Å². The van der Waals surface area contributed by atoms with Crippen LogP contribution in [0.25, 0.3) is 15.9 Å². The molecule has 0 spiro atoms. The molecule has 4 rings (SSSR count). The lowest BCUT2D eigenvalue weighted by Crippen LogP contribution is -2.18. The molecule has 5 nitrogen and oxygen atoms in total. The molecule has 0 aliphatic heterocycles. The number of fused-ring (bicyclic) bond motifs is 1. The lowest BCUT2D eigenvalue weighted by molar-refractivity contribution is 0.0959. The summed E-state index contributed by atoms with van der Waals surface area (Å²) < 4.78 is 1.96. The summed E-state index contributed by atoms with van der Waals surface area (Å²) in [6, 6.07) is 13.9. The Labute approximate surface area is 167 Å². The molecule has 0 aliphatic carbocycles. The maximum atomic E-state index is 12.9. The Kier molecular flexibility index (Phi) is 4.79. The minimum atomic E-state index is -0.243. The van der Waals surface area contributed by atoms with Crippen LogP contribution < -0.4 is 5.43 Å². The predicted molar refractivity (Wildman–Crippen MR) is 115 cm³/mol. The molecule has 1 amide bonds. The van der Waals surface area contributed by atoms with E-state index in [0.717, 1.165) is 32.7 Å². The molecule has 0 saturated heterocycles. The van der Waals surface area contributed by atoms with Crippen molar-refractivity contribution in [1.82, 2.24) is 15.0 Å². The Morgan fingerprint density at radius 3 is 2.57 bits per heavy atom. The molecule has 1 aromatic carbocycles. The van der Waals surface area contributed by atoms with Crippen LogP contribution in [0.5, 0.6) is 0 Å². The second-order valence-electron chi connectivity index (χ2n) is 6.74. The molecule has 6 heteroatoms. The molecule has 0 radical (unpaired) electrons. The van der Waals surface area contributed by atoms with Gasteiger partial charge in [-0.1, -0.05) is 29.8 Å². The summed E-state index contributed by atoms with van der Waals surface area (Å²) in [5.74, 6) is -0.243. The summed E-state index contributed by atoms with van der Waals surface area (Å²) >= 11 is 1.39. The van der Waals surface area contributed by atoms with Crippen LogP contribution in [0, 0.1) is 20.8 Å².